The SMILES string of the molecule is O=C(O)N1CCC(c2ccc(OCC=CCOc3ccccc3)cc2)C(OCc2ccc3ccccc3c2)C1. The molecule has 0 saturated carbocycles. The van der Waals surface area contributed by atoms with Gasteiger partial charge in [-0.1, -0.05) is 66.7 Å². The van der Waals surface area contributed by atoms with E-state index in [1.54, 1.807) is 0 Å². The van der Waals surface area contributed by atoms with E-state index in [0.29, 0.717) is 39.3 Å². The molecule has 1 aliphatic heterocycles. The van der Waals surface area contributed by atoms with E-state index >= 15 is 0 Å². The van der Waals surface area contributed by atoms with E-state index in [-0.39, 0.29) is 12.0 Å². The molecular weight excluding hydrogens is 490 g/mol. The molecule has 1 aliphatic rings. The Labute approximate surface area is 229 Å². The Kier molecular flexibility index (Phi) is 8.76. The number of nitrogens with zero attached hydrogens (tertiary/aromatic N) is 1. The van der Waals surface area contributed by atoms with Gasteiger partial charge in [-0.15, -0.1) is 0 Å². The summed E-state index contributed by atoms with van der Waals surface area (Å²) in [7, 11) is 0. The molecule has 2 atom stereocenters. The molecule has 0 spiro atoms. The van der Waals surface area contributed by atoms with Crippen molar-refractivity contribution in [3.63, 3.8) is 0 Å². The standard InChI is InChI=1S/C33H33NO5/c35-33(36)34-19-18-31(32(23-34)39-24-25-12-13-26-8-4-5-9-28(26)22-25)27-14-16-30(17-15-27)38-21-7-6-20-37-29-10-2-1-3-11-29/h1-17,22,31-32H,18-21,23-24H2,(H,35,36). The second-order valence-electron chi connectivity index (χ2n) is 9.63. The van der Waals surface area contributed by atoms with Gasteiger partial charge >= 0.3 is 6.09 Å². The van der Waals surface area contributed by atoms with Crippen LogP contribution >= 0.6 is 0 Å². The molecule has 2 unspecified atom stereocenters. The highest BCUT2D eigenvalue weighted by molar-refractivity contribution is 5.82. The van der Waals surface area contributed by atoms with Crippen molar-refractivity contribution < 1.29 is 24.1 Å². The third kappa shape index (κ3) is 7.18. The first-order valence-electron chi connectivity index (χ1n) is 13.3. The summed E-state index contributed by atoms with van der Waals surface area (Å²) in [5.41, 5.74) is 2.20. The highest BCUT2D eigenvalue weighted by Crippen LogP contribution is 2.32. The van der Waals surface area contributed by atoms with Gasteiger partial charge in [0, 0.05) is 12.5 Å². The number of hydrogen-bond donors (Lipinski definition) is 1. The van der Waals surface area contributed by atoms with E-state index in [0.717, 1.165) is 22.6 Å². The molecule has 1 amide bonds. The van der Waals surface area contributed by atoms with E-state index in [9.17, 15) is 9.90 Å². The van der Waals surface area contributed by atoms with E-state index in [4.69, 9.17) is 14.2 Å². The zero-order valence-corrected chi connectivity index (χ0v) is 21.8. The normalized spacial score (nSPS) is 17.4. The van der Waals surface area contributed by atoms with Gasteiger partial charge in [0.2, 0.25) is 0 Å². The van der Waals surface area contributed by atoms with E-state index in [2.05, 4.69) is 42.5 Å². The van der Waals surface area contributed by atoms with Crippen molar-refractivity contribution in [1.29, 1.82) is 0 Å². The van der Waals surface area contributed by atoms with Crippen LogP contribution in [0.25, 0.3) is 10.8 Å². The molecule has 200 valence electrons. The minimum atomic E-state index is -0.904. The monoisotopic (exact) mass is 523 g/mol. The minimum Gasteiger partial charge on any atom is -0.490 e. The molecule has 1 saturated heterocycles. The molecule has 0 aromatic heterocycles. The summed E-state index contributed by atoms with van der Waals surface area (Å²) in [5, 5.41) is 11.9. The zero-order valence-electron chi connectivity index (χ0n) is 21.8. The summed E-state index contributed by atoms with van der Waals surface area (Å²) in [4.78, 5) is 13.1. The van der Waals surface area contributed by atoms with Gasteiger partial charge in [-0.05, 0) is 70.8 Å². The predicted molar refractivity (Wildman–Crippen MR) is 152 cm³/mol. The molecule has 39 heavy (non-hydrogen) atoms. The highest BCUT2D eigenvalue weighted by atomic mass is 16.5. The second-order valence-corrected chi connectivity index (χ2v) is 9.63. The summed E-state index contributed by atoms with van der Waals surface area (Å²) < 4.78 is 17.9. The molecular formula is C33H33NO5. The number of para-hydroxylation sites is 1. The van der Waals surface area contributed by atoms with Crippen molar-refractivity contribution in [1.82, 2.24) is 4.90 Å². The van der Waals surface area contributed by atoms with Gasteiger partial charge in [0.25, 0.3) is 0 Å². The van der Waals surface area contributed by atoms with E-state index < -0.39 is 6.09 Å². The van der Waals surface area contributed by atoms with Crippen LogP contribution in [0.3, 0.4) is 0 Å². The smallest absolute Gasteiger partial charge is 0.407 e. The van der Waals surface area contributed by atoms with Crippen molar-refractivity contribution in [2.45, 2.75) is 25.0 Å². The van der Waals surface area contributed by atoms with Crippen LogP contribution in [0.1, 0.15) is 23.5 Å². The van der Waals surface area contributed by atoms with Crippen LogP contribution in [-0.4, -0.2) is 48.5 Å². The third-order valence-electron chi connectivity index (χ3n) is 7.02. The van der Waals surface area contributed by atoms with Gasteiger partial charge in [-0.3, -0.25) is 0 Å². The first-order valence-corrected chi connectivity index (χ1v) is 13.3. The number of hydrogen-bond acceptors (Lipinski definition) is 4. The number of rotatable bonds is 10. The topological polar surface area (TPSA) is 68.2 Å². The Balaban J connectivity index is 1.17. The van der Waals surface area contributed by atoms with Gasteiger partial charge in [-0.25, -0.2) is 4.79 Å². The maximum atomic E-state index is 11.7. The lowest BCUT2D eigenvalue weighted by Crippen LogP contribution is -2.46. The molecule has 4 aromatic carbocycles. The number of carbonyl (C=O) groups is 1. The summed E-state index contributed by atoms with van der Waals surface area (Å²) in [6.07, 6.45) is 3.45. The molecule has 1 fully saturated rings. The number of benzene rings is 4. The summed E-state index contributed by atoms with van der Waals surface area (Å²) in [6.45, 7) is 2.21. The van der Waals surface area contributed by atoms with Crippen LogP contribution < -0.4 is 9.47 Å². The molecule has 1 N–H and O–H groups in total. The second kappa shape index (κ2) is 13.0. The summed E-state index contributed by atoms with van der Waals surface area (Å²) >= 11 is 0. The Morgan fingerprint density at radius 2 is 1.49 bits per heavy atom. The van der Waals surface area contributed by atoms with Crippen LogP contribution in [0.15, 0.2) is 109 Å². The first-order chi connectivity index (χ1) is 19.2. The molecule has 5 rings (SSSR count). The quantitative estimate of drug-likeness (QED) is 0.229. The van der Waals surface area contributed by atoms with Crippen molar-refractivity contribution in [2.75, 3.05) is 26.3 Å². The summed E-state index contributed by atoms with van der Waals surface area (Å²) in [6, 6.07) is 32.3. The molecule has 1 heterocycles. The largest absolute Gasteiger partial charge is 0.490 e. The number of fused-ring (bicyclic) bond motifs is 1. The lowest BCUT2D eigenvalue weighted by Gasteiger charge is -2.37. The van der Waals surface area contributed by atoms with Crippen LogP contribution in [-0.2, 0) is 11.3 Å². The molecule has 0 radical (unpaired) electrons. The maximum Gasteiger partial charge on any atom is 0.407 e. The van der Waals surface area contributed by atoms with E-state index in [1.807, 2.05) is 66.7 Å². The fourth-order valence-electron chi connectivity index (χ4n) is 4.93. The van der Waals surface area contributed by atoms with E-state index in [1.165, 1.54) is 15.7 Å². The van der Waals surface area contributed by atoms with Gasteiger partial charge in [0.05, 0.1) is 19.3 Å². The maximum absolute atomic E-state index is 11.7. The van der Waals surface area contributed by atoms with Crippen LogP contribution in [0.2, 0.25) is 0 Å². The Morgan fingerprint density at radius 1 is 0.821 bits per heavy atom. The van der Waals surface area contributed by atoms with Gasteiger partial charge in [0.1, 0.15) is 24.7 Å². The Bertz CT molecular complexity index is 1390. The zero-order chi connectivity index (χ0) is 26.9. The van der Waals surface area contributed by atoms with Crippen LogP contribution in [0.5, 0.6) is 11.5 Å². The fraction of sp³-hybridized carbons (Fsp3) is 0.242. The van der Waals surface area contributed by atoms with Gasteiger partial charge in [0.15, 0.2) is 0 Å². The van der Waals surface area contributed by atoms with Crippen molar-refractivity contribution in [3.05, 3.63) is 120 Å². The molecule has 4 aromatic rings. The molecule has 0 bridgehead atoms. The molecule has 6 heteroatoms. The first kappa shape index (κ1) is 26.3. The van der Waals surface area contributed by atoms with Crippen molar-refractivity contribution in [2.24, 2.45) is 0 Å². The van der Waals surface area contributed by atoms with Crippen molar-refractivity contribution in [3.8, 4) is 11.5 Å². The number of likely N-dealkylation sites (tertiary alicyclic amines) is 1. The van der Waals surface area contributed by atoms with Gasteiger partial charge in [-0.2, -0.15) is 0 Å². The van der Waals surface area contributed by atoms with Crippen molar-refractivity contribution >= 4 is 16.9 Å². The average molecular weight is 524 g/mol. The summed E-state index contributed by atoms with van der Waals surface area (Å²) in [5.74, 6) is 1.72. The van der Waals surface area contributed by atoms with Gasteiger partial charge < -0.3 is 24.2 Å². The fourth-order valence-corrected chi connectivity index (χ4v) is 4.93. The highest BCUT2D eigenvalue weighted by Gasteiger charge is 2.33. The lowest BCUT2D eigenvalue weighted by atomic mass is 9.87. The lowest BCUT2D eigenvalue weighted by molar-refractivity contribution is -0.0199. The predicted octanol–water partition coefficient (Wildman–Crippen LogP) is 6.91. The minimum absolute atomic E-state index is 0.102. The number of amides is 1. The average Bonchev–Trinajstić information content (AvgIpc) is 2.98. The Morgan fingerprint density at radius 3 is 2.21 bits per heavy atom. The molecule has 0 aliphatic carbocycles. The third-order valence-corrected chi connectivity index (χ3v) is 7.02. The van der Waals surface area contributed by atoms with Crippen LogP contribution in [0, 0.1) is 0 Å². The van der Waals surface area contributed by atoms with Crippen LogP contribution in [0.4, 0.5) is 4.79 Å². The number of carboxylic acid groups (broad SMARTS) is 1. The number of ether oxygens (including phenoxy) is 3. The number of piperidine rings is 1. The Hall–Kier alpha value is -4.29. The molecule has 6 nitrogen and oxygen atoms in total.